The number of aliphatic hydroxyl groups excluding tert-OH is 1. The van der Waals surface area contributed by atoms with Crippen molar-refractivity contribution >= 4 is 0 Å². The fourth-order valence-electron chi connectivity index (χ4n) is 2.80. The summed E-state index contributed by atoms with van der Waals surface area (Å²) in [6, 6.07) is 0.694. The van der Waals surface area contributed by atoms with E-state index < -0.39 is 0 Å². The zero-order valence-electron chi connectivity index (χ0n) is 9.47. The molecule has 0 amide bonds. The van der Waals surface area contributed by atoms with Crippen LogP contribution in [0.2, 0.25) is 0 Å². The van der Waals surface area contributed by atoms with Crippen LogP contribution in [0.4, 0.5) is 0 Å². The van der Waals surface area contributed by atoms with Crippen molar-refractivity contribution in [1.82, 2.24) is 5.32 Å². The molecule has 0 aromatic heterocycles. The van der Waals surface area contributed by atoms with Crippen molar-refractivity contribution in [3.8, 4) is 0 Å². The Hall–Kier alpha value is -0.0800. The molecule has 1 unspecified atom stereocenters. The van der Waals surface area contributed by atoms with Crippen LogP contribution in [-0.2, 0) is 0 Å². The largest absolute Gasteiger partial charge is 0.394 e. The Labute approximate surface area is 87.1 Å². The molecule has 2 aliphatic rings. The van der Waals surface area contributed by atoms with Gasteiger partial charge in [0.15, 0.2) is 0 Å². The van der Waals surface area contributed by atoms with E-state index in [4.69, 9.17) is 0 Å². The third kappa shape index (κ3) is 1.70. The van der Waals surface area contributed by atoms with Gasteiger partial charge in [0.2, 0.25) is 0 Å². The molecule has 2 aliphatic carbocycles. The second-order valence-corrected chi connectivity index (χ2v) is 5.75. The molecule has 1 atom stereocenters. The maximum absolute atomic E-state index is 9.69. The number of hydrogen-bond donors (Lipinski definition) is 2. The van der Waals surface area contributed by atoms with Gasteiger partial charge in [-0.25, -0.2) is 0 Å². The second-order valence-electron chi connectivity index (χ2n) is 5.75. The molecule has 2 rings (SSSR count). The zero-order chi connectivity index (χ0) is 10.2. The third-order valence-electron chi connectivity index (χ3n) is 4.28. The Morgan fingerprint density at radius 3 is 2.36 bits per heavy atom. The van der Waals surface area contributed by atoms with Gasteiger partial charge in [-0.05, 0) is 31.1 Å². The van der Waals surface area contributed by atoms with Crippen LogP contribution < -0.4 is 5.32 Å². The van der Waals surface area contributed by atoms with Gasteiger partial charge in [-0.3, -0.25) is 0 Å². The minimum atomic E-state index is 0.00637. The van der Waals surface area contributed by atoms with Gasteiger partial charge in [-0.15, -0.1) is 0 Å². The first-order valence-electron chi connectivity index (χ1n) is 5.98. The van der Waals surface area contributed by atoms with Crippen LogP contribution in [0.15, 0.2) is 0 Å². The molecule has 2 saturated carbocycles. The van der Waals surface area contributed by atoms with Crippen LogP contribution in [0.1, 0.15) is 52.4 Å². The van der Waals surface area contributed by atoms with Crippen LogP contribution in [0.25, 0.3) is 0 Å². The maximum atomic E-state index is 9.69. The number of nitrogens with one attached hydrogen (secondary N) is 1. The fourth-order valence-corrected chi connectivity index (χ4v) is 2.80. The first-order valence-corrected chi connectivity index (χ1v) is 5.98. The van der Waals surface area contributed by atoms with E-state index in [1.807, 2.05) is 0 Å². The number of hydrogen-bond acceptors (Lipinski definition) is 2. The normalized spacial score (nSPS) is 37.1. The van der Waals surface area contributed by atoms with E-state index in [9.17, 15) is 5.11 Å². The van der Waals surface area contributed by atoms with Crippen molar-refractivity contribution in [2.45, 2.75) is 64.0 Å². The van der Waals surface area contributed by atoms with Crippen molar-refractivity contribution in [2.24, 2.45) is 5.41 Å². The van der Waals surface area contributed by atoms with E-state index in [2.05, 4.69) is 19.2 Å². The third-order valence-corrected chi connectivity index (χ3v) is 4.28. The van der Waals surface area contributed by atoms with E-state index in [0.717, 1.165) is 6.42 Å². The van der Waals surface area contributed by atoms with Crippen LogP contribution in [0.5, 0.6) is 0 Å². The van der Waals surface area contributed by atoms with Gasteiger partial charge in [0.1, 0.15) is 0 Å². The summed E-state index contributed by atoms with van der Waals surface area (Å²) in [6.07, 6.45) is 7.58. The quantitative estimate of drug-likeness (QED) is 0.726. The molecule has 0 bridgehead atoms. The summed E-state index contributed by atoms with van der Waals surface area (Å²) < 4.78 is 0. The highest BCUT2D eigenvalue weighted by molar-refractivity contribution is 5.05. The van der Waals surface area contributed by atoms with Crippen molar-refractivity contribution in [3.63, 3.8) is 0 Å². The molecule has 2 nitrogen and oxygen atoms in total. The average molecular weight is 197 g/mol. The van der Waals surface area contributed by atoms with Crippen LogP contribution in [-0.4, -0.2) is 23.3 Å². The molecule has 14 heavy (non-hydrogen) atoms. The minimum Gasteiger partial charge on any atom is -0.394 e. The lowest BCUT2D eigenvalue weighted by atomic mass is 9.63. The first-order chi connectivity index (χ1) is 6.60. The van der Waals surface area contributed by atoms with E-state index in [-0.39, 0.29) is 11.0 Å². The van der Waals surface area contributed by atoms with Gasteiger partial charge < -0.3 is 10.4 Å². The SMILES string of the molecule is CC1(C)CCCCC1(CO)NC1CC1. The monoisotopic (exact) mass is 197 g/mol. The van der Waals surface area contributed by atoms with Crippen molar-refractivity contribution in [1.29, 1.82) is 0 Å². The van der Waals surface area contributed by atoms with Gasteiger partial charge in [-0.1, -0.05) is 26.7 Å². The highest BCUT2D eigenvalue weighted by atomic mass is 16.3. The average Bonchev–Trinajstić information content (AvgIpc) is 2.92. The molecule has 0 aliphatic heterocycles. The van der Waals surface area contributed by atoms with Crippen molar-refractivity contribution in [3.05, 3.63) is 0 Å². The molecular formula is C12H23NO. The molecule has 2 fully saturated rings. The highest BCUT2D eigenvalue weighted by Crippen LogP contribution is 2.45. The molecule has 0 aromatic carbocycles. The lowest BCUT2D eigenvalue weighted by Gasteiger charge is -2.50. The molecule has 0 heterocycles. The minimum absolute atomic E-state index is 0.00637. The van der Waals surface area contributed by atoms with Gasteiger partial charge in [0.05, 0.1) is 6.61 Å². The Kier molecular flexibility index (Phi) is 2.61. The van der Waals surface area contributed by atoms with Crippen LogP contribution >= 0.6 is 0 Å². The van der Waals surface area contributed by atoms with Crippen molar-refractivity contribution < 1.29 is 5.11 Å². The predicted molar refractivity (Wildman–Crippen MR) is 58.2 cm³/mol. The summed E-state index contributed by atoms with van der Waals surface area (Å²) >= 11 is 0. The maximum Gasteiger partial charge on any atom is 0.0618 e. The summed E-state index contributed by atoms with van der Waals surface area (Å²) in [7, 11) is 0. The van der Waals surface area contributed by atoms with E-state index in [0.29, 0.717) is 12.6 Å². The number of rotatable bonds is 3. The lowest BCUT2D eigenvalue weighted by Crippen LogP contribution is -2.61. The fraction of sp³-hybridized carbons (Fsp3) is 1.00. The predicted octanol–water partition coefficient (Wildman–Crippen LogP) is 2.07. The lowest BCUT2D eigenvalue weighted by molar-refractivity contribution is 0.00925. The van der Waals surface area contributed by atoms with Crippen LogP contribution in [0, 0.1) is 5.41 Å². The molecule has 0 radical (unpaired) electrons. The molecule has 2 heteroatoms. The topological polar surface area (TPSA) is 32.3 Å². The van der Waals surface area contributed by atoms with Gasteiger partial charge in [0, 0.05) is 11.6 Å². The Morgan fingerprint density at radius 2 is 1.86 bits per heavy atom. The van der Waals surface area contributed by atoms with E-state index in [1.165, 1.54) is 32.1 Å². The van der Waals surface area contributed by atoms with Gasteiger partial charge in [-0.2, -0.15) is 0 Å². The Bertz CT molecular complexity index is 210. The highest BCUT2D eigenvalue weighted by Gasteiger charge is 2.48. The summed E-state index contributed by atoms with van der Waals surface area (Å²) in [5.41, 5.74) is 0.259. The van der Waals surface area contributed by atoms with E-state index >= 15 is 0 Å². The van der Waals surface area contributed by atoms with Crippen LogP contribution in [0.3, 0.4) is 0 Å². The Balaban J connectivity index is 2.12. The molecule has 0 aromatic rings. The van der Waals surface area contributed by atoms with Gasteiger partial charge in [0.25, 0.3) is 0 Å². The van der Waals surface area contributed by atoms with Crippen molar-refractivity contribution in [2.75, 3.05) is 6.61 Å². The van der Waals surface area contributed by atoms with E-state index in [1.54, 1.807) is 0 Å². The summed E-state index contributed by atoms with van der Waals surface area (Å²) in [4.78, 5) is 0. The molecule has 0 spiro atoms. The summed E-state index contributed by atoms with van der Waals surface area (Å²) in [6.45, 7) is 4.91. The number of aliphatic hydroxyl groups is 1. The summed E-state index contributed by atoms with van der Waals surface area (Å²) in [5, 5.41) is 13.4. The van der Waals surface area contributed by atoms with Gasteiger partial charge >= 0.3 is 0 Å². The summed E-state index contributed by atoms with van der Waals surface area (Å²) in [5.74, 6) is 0. The molecule has 82 valence electrons. The second kappa shape index (κ2) is 3.49. The smallest absolute Gasteiger partial charge is 0.0618 e. The molecule has 2 N–H and O–H groups in total. The molecular weight excluding hydrogens is 174 g/mol. The Morgan fingerprint density at radius 1 is 1.21 bits per heavy atom. The first kappa shape index (κ1) is 10.4. The zero-order valence-corrected chi connectivity index (χ0v) is 9.47. The molecule has 0 saturated heterocycles. The standard InChI is InChI=1S/C12H23NO/c1-11(2)7-3-4-8-12(11,9-14)13-10-5-6-10/h10,13-14H,3-9H2,1-2H3.